The Balaban J connectivity index is 0. The molecule has 0 unspecified atom stereocenters. The van der Waals surface area contributed by atoms with Crippen LogP contribution in [0, 0.1) is 0 Å². The van der Waals surface area contributed by atoms with Gasteiger partial charge in [-0.2, -0.15) is 0 Å². The zero-order valence-corrected chi connectivity index (χ0v) is 6.74. The molecular formula is C4H8OW. The molecule has 36 valence electrons. The third-order valence-corrected chi connectivity index (χ3v) is 0.407. The Labute approximate surface area is 52.4 Å². The van der Waals surface area contributed by atoms with Crippen LogP contribution in [-0.4, -0.2) is 6.29 Å². The number of hydrogen-bond donors (Lipinski definition) is 0. The summed E-state index contributed by atoms with van der Waals surface area (Å²) in [5, 5.41) is 0. The Morgan fingerprint density at radius 3 is 2.17 bits per heavy atom. The molecule has 0 aliphatic carbocycles. The van der Waals surface area contributed by atoms with E-state index in [9.17, 15) is 4.79 Å². The van der Waals surface area contributed by atoms with Crippen LogP contribution in [0.5, 0.6) is 0 Å². The van der Waals surface area contributed by atoms with Gasteiger partial charge in [0.15, 0.2) is 0 Å². The Morgan fingerprint density at radius 1 is 1.67 bits per heavy atom. The van der Waals surface area contributed by atoms with Crippen molar-refractivity contribution in [2.75, 3.05) is 0 Å². The Bertz CT molecular complexity index is 28.7. The molecule has 0 atom stereocenters. The SMILES string of the molecule is CCCC=O.[W]. The van der Waals surface area contributed by atoms with E-state index in [-0.39, 0.29) is 21.1 Å². The number of unbranched alkanes of at least 4 members (excludes halogenated alkanes) is 1. The van der Waals surface area contributed by atoms with Gasteiger partial charge in [-0.25, -0.2) is 0 Å². The molecule has 0 N–H and O–H groups in total. The number of rotatable bonds is 2. The summed E-state index contributed by atoms with van der Waals surface area (Å²) in [5.74, 6) is 0. The van der Waals surface area contributed by atoms with Crippen LogP contribution in [0.25, 0.3) is 0 Å². The summed E-state index contributed by atoms with van der Waals surface area (Å²) in [7, 11) is 0. The van der Waals surface area contributed by atoms with Gasteiger partial charge < -0.3 is 4.79 Å². The molecule has 0 spiro atoms. The van der Waals surface area contributed by atoms with Crippen LogP contribution < -0.4 is 0 Å². The second kappa shape index (κ2) is 9.02. The summed E-state index contributed by atoms with van der Waals surface area (Å²) in [6, 6.07) is 0. The topological polar surface area (TPSA) is 17.1 Å². The van der Waals surface area contributed by atoms with E-state index < -0.39 is 0 Å². The standard InChI is InChI=1S/C4H8O.W/c1-2-3-4-5;/h4H,2-3H2,1H3;. The second-order valence-electron chi connectivity index (χ2n) is 0.955. The van der Waals surface area contributed by atoms with Crippen LogP contribution in [-0.2, 0) is 25.9 Å². The summed E-state index contributed by atoms with van der Waals surface area (Å²) in [6.45, 7) is 1.98. The van der Waals surface area contributed by atoms with Gasteiger partial charge in [-0.05, 0) is 6.42 Å². The first-order valence-electron chi connectivity index (χ1n) is 1.85. The molecule has 2 heteroatoms. The molecule has 0 amide bonds. The molecule has 0 heterocycles. The van der Waals surface area contributed by atoms with E-state index in [2.05, 4.69) is 0 Å². The first kappa shape index (κ1) is 9.61. The van der Waals surface area contributed by atoms with Gasteiger partial charge in [0, 0.05) is 27.5 Å². The average Bonchev–Trinajstić information content (AvgIpc) is 1.41. The smallest absolute Gasteiger partial charge is 0.119 e. The Kier molecular flexibility index (Phi) is 14.5. The van der Waals surface area contributed by atoms with E-state index in [1.165, 1.54) is 0 Å². The number of hydrogen-bond acceptors (Lipinski definition) is 1. The van der Waals surface area contributed by atoms with Crippen molar-refractivity contribution in [3.05, 3.63) is 0 Å². The molecule has 1 nitrogen and oxygen atoms in total. The van der Waals surface area contributed by atoms with Gasteiger partial charge in [0.25, 0.3) is 0 Å². The molecule has 0 bridgehead atoms. The summed E-state index contributed by atoms with van der Waals surface area (Å²) >= 11 is 0. The molecule has 0 aromatic carbocycles. The first-order chi connectivity index (χ1) is 2.41. The van der Waals surface area contributed by atoms with Gasteiger partial charge in [0.1, 0.15) is 6.29 Å². The maximum absolute atomic E-state index is 9.40. The predicted octanol–water partition coefficient (Wildman–Crippen LogP) is 0.983. The van der Waals surface area contributed by atoms with Crippen molar-refractivity contribution in [3.8, 4) is 0 Å². The first-order valence-corrected chi connectivity index (χ1v) is 1.85. The van der Waals surface area contributed by atoms with Crippen molar-refractivity contribution in [1.82, 2.24) is 0 Å². The van der Waals surface area contributed by atoms with Crippen LogP contribution in [0.1, 0.15) is 19.8 Å². The van der Waals surface area contributed by atoms with Crippen LogP contribution in [0.3, 0.4) is 0 Å². The van der Waals surface area contributed by atoms with E-state index >= 15 is 0 Å². The van der Waals surface area contributed by atoms with Crippen molar-refractivity contribution in [2.45, 2.75) is 19.8 Å². The molecular weight excluding hydrogens is 248 g/mol. The summed E-state index contributed by atoms with van der Waals surface area (Å²) in [4.78, 5) is 9.40. The molecule has 6 heavy (non-hydrogen) atoms. The van der Waals surface area contributed by atoms with Gasteiger partial charge in [-0.3, -0.25) is 0 Å². The summed E-state index contributed by atoms with van der Waals surface area (Å²) in [5.41, 5.74) is 0. The van der Waals surface area contributed by atoms with Crippen LogP contribution in [0.4, 0.5) is 0 Å². The molecule has 0 saturated heterocycles. The zero-order chi connectivity index (χ0) is 4.12. The minimum atomic E-state index is 0. The van der Waals surface area contributed by atoms with Crippen LogP contribution in [0.2, 0.25) is 0 Å². The van der Waals surface area contributed by atoms with Gasteiger partial charge in [-0.1, -0.05) is 6.92 Å². The third kappa shape index (κ3) is 8.84. The summed E-state index contributed by atoms with van der Waals surface area (Å²) < 4.78 is 0. The average molecular weight is 256 g/mol. The van der Waals surface area contributed by atoms with Gasteiger partial charge in [0.2, 0.25) is 0 Å². The quantitative estimate of drug-likeness (QED) is 0.673. The van der Waals surface area contributed by atoms with E-state index in [0.29, 0.717) is 6.42 Å². The molecule has 0 fully saturated rings. The largest absolute Gasteiger partial charge is 0.303 e. The molecule has 0 aliphatic rings. The van der Waals surface area contributed by atoms with Gasteiger partial charge in [-0.15, -0.1) is 0 Å². The van der Waals surface area contributed by atoms with Crippen molar-refractivity contribution in [3.63, 3.8) is 0 Å². The minimum Gasteiger partial charge on any atom is -0.303 e. The third-order valence-electron chi connectivity index (χ3n) is 0.407. The molecule has 0 aromatic heterocycles. The molecule has 0 aromatic rings. The van der Waals surface area contributed by atoms with Gasteiger partial charge in [0.05, 0.1) is 0 Å². The maximum atomic E-state index is 9.40. The molecule has 0 rings (SSSR count). The van der Waals surface area contributed by atoms with Crippen molar-refractivity contribution in [2.24, 2.45) is 0 Å². The molecule has 0 aliphatic heterocycles. The zero-order valence-electron chi connectivity index (χ0n) is 3.81. The van der Waals surface area contributed by atoms with Crippen LogP contribution in [0.15, 0.2) is 0 Å². The Morgan fingerprint density at radius 2 is 2.17 bits per heavy atom. The normalized spacial score (nSPS) is 6.17. The van der Waals surface area contributed by atoms with E-state index in [1.54, 1.807) is 0 Å². The maximum Gasteiger partial charge on any atom is 0.119 e. The fraction of sp³-hybridized carbons (Fsp3) is 0.750. The minimum absolute atomic E-state index is 0. The predicted molar refractivity (Wildman–Crippen MR) is 21.0 cm³/mol. The fourth-order valence-electron chi connectivity index (χ4n) is 0.118. The number of carbonyl (C=O) groups excluding carboxylic acids is 1. The molecule has 0 saturated carbocycles. The summed E-state index contributed by atoms with van der Waals surface area (Å²) in [6.07, 6.45) is 2.61. The Hall–Kier alpha value is 0.358. The second-order valence-corrected chi connectivity index (χ2v) is 0.955. The van der Waals surface area contributed by atoms with E-state index in [1.807, 2.05) is 6.92 Å². The molecule has 0 radical (unpaired) electrons. The van der Waals surface area contributed by atoms with Crippen LogP contribution >= 0.6 is 0 Å². The van der Waals surface area contributed by atoms with Gasteiger partial charge >= 0.3 is 0 Å². The van der Waals surface area contributed by atoms with E-state index in [4.69, 9.17) is 0 Å². The van der Waals surface area contributed by atoms with Crippen molar-refractivity contribution in [1.29, 1.82) is 0 Å². The monoisotopic (exact) mass is 256 g/mol. The number of carbonyl (C=O) groups is 1. The fourth-order valence-corrected chi connectivity index (χ4v) is 0.118. The van der Waals surface area contributed by atoms with E-state index in [0.717, 1.165) is 12.7 Å². The number of aldehydes is 1. The van der Waals surface area contributed by atoms with Crippen molar-refractivity contribution >= 4 is 6.29 Å². The van der Waals surface area contributed by atoms with Crippen molar-refractivity contribution < 1.29 is 25.9 Å².